The Morgan fingerprint density at radius 2 is 1.96 bits per heavy atom. The standard InChI is InChI=1S/C20H30N2O3/c1-4-15(3)20(25)22-13-17-8-6-5-7-16(17)11-18(22)19(24)21-12-14(2)9-10-23/h5-8,14-15,18,23H,4,9-13H2,1-3H3,(H,21,24). The van der Waals surface area contributed by atoms with Gasteiger partial charge in [0.25, 0.3) is 0 Å². The number of aliphatic hydroxyl groups excluding tert-OH is 1. The summed E-state index contributed by atoms with van der Waals surface area (Å²) in [7, 11) is 0. The van der Waals surface area contributed by atoms with Crippen LogP contribution in [0.2, 0.25) is 0 Å². The maximum Gasteiger partial charge on any atom is 0.243 e. The van der Waals surface area contributed by atoms with Crippen molar-refractivity contribution in [1.82, 2.24) is 10.2 Å². The molecule has 0 spiro atoms. The molecule has 0 radical (unpaired) electrons. The Bertz CT molecular complexity index is 602. The Labute approximate surface area is 150 Å². The van der Waals surface area contributed by atoms with Crippen molar-refractivity contribution in [3.05, 3.63) is 35.4 Å². The Morgan fingerprint density at radius 3 is 2.60 bits per heavy atom. The van der Waals surface area contributed by atoms with Gasteiger partial charge in [-0.25, -0.2) is 0 Å². The number of nitrogens with one attached hydrogen (secondary N) is 1. The molecular weight excluding hydrogens is 316 g/mol. The van der Waals surface area contributed by atoms with E-state index in [1.54, 1.807) is 4.90 Å². The smallest absolute Gasteiger partial charge is 0.243 e. The lowest BCUT2D eigenvalue weighted by atomic mass is 9.92. The van der Waals surface area contributed by atoms with E-state index >= 15 is 0 Å². The van der Waals surface area contributed by atoms with Gasteiger partial charge in [0.1, 0.15) is 6.04 Å². The average molecular weight is 346 g/mol. The topological polar surface area (TPSA) is 69.6 Å². The van der Waals surface area contributed by atoms with Gasteiger partial charge in [0, 0.05) is 32.0 Å². The molecule has 2 N–H and O–H groups in total. The molecule has 0 saturated heterocycles. The fourth-order valence-corrected chi connectivity index (χ4v) is 3.16. The van der Waals surface area contributed by atoms with Crippen LogP contribution in [0.4, 0.5) is 0 Å². The van der Waals surface area contributed by atoms with Crippen LogP contribution < -0.4 is 5.32 Å². The van der Waals surface area contributed by atoms with Gasteiger partial charge in [0.05, 0.1) is 0 Å². The predicted molar refractivity (Wildman–Crippen MR) is 97.8 cm³/mol. The van der Waals surface area contributed by atoms with Crippen LogP contribution in [0.3, 0.4) is 0 Å². The van der Waals surface area contributed by atoms with Gasteiger partial charge < -0.3 is 15.3 Å². The molecule has 1 aliphatic heterocycles. The van der Waals surface area contributed by atoms with E-state index in [1.165, 1.54) is 0 Å². The van der Waals surface area contributed by atoms with Crippen molar-refractivity contribution >= 4 is 11.8 Å². The second-order valence-electron chi connectivity index (χ2n) is 7.13. The maximum atomic E-state index is 12.8. The first-order valence-corrected chi connectivity index (χ1v) is 9.23. The monoisotopic (exact) mass is 346 g/mol. The molecule has 2 rings (SSSR count). The van der Waals surface area contributed by atoms with Gasteiger partial charge in [0.2, 0.25) is 11.8 Å². The van der Waals surface area contributed by atoms with Crippen LogP contribution in [0, 0.1) is 11.8 Å². The van der Waals surface area contributed by atoms with Crippen molar-refractivity contribution in [1.29, 1.82) is 0 Å². The Kier molecular flexibility index (Phi) is 7.00. The highest BCUT2D eigenvalue weighted by atomic mass is 16.3. The van der Waals surface area contributed by atoms with Crippen molar-refractivity contribution in [2.24, 2.45) is 11.8 Å². The summed E-state index contributed by atoms with van der Waals surface area (Å²) < 4.78 is 0. The van der Waals surface area contributed by atoms with Crippen LogP contribution in [-0.4, -0.2) is 41.0 Å². The number of aliphatic hydroxyl groups is 1. The minimum absolute atomic E-state index is 0.0422. The third-order valence-electron chi connectivity index (χ3n) is 5.11. The van der Waals surface area contributed by atoms with Crippen LogP contribution >= 0.6 is 0 Å². The quantitative estimate of drug-likeness (QED) is 0.794. The molecular formula is C20H30N2O3. The van der Waals surface area contributed by atoms with Crippen LogP contribution in [0.5, 0.6) is 0 Å². The first kappa shape index (κ1) is 19.4. The third kappa shape index (κ3) is 4.82. The molecule has 138 valence electrons. The van der Waals surface area contributed by atoms with Crippen LogP contribution in [-0.2, 0) is 22.6 Å². The molecule has 3 atom stereocenters. The number of hydrogen-bond donors (Lipinski definition) is 2. The summed E-state index contributed by atoms with van der Waals surface area (Å²) in [5.74, 6) is 0.0638. The number of carbonyl (C=O) groups excluding carboxylic acids is 2. The highest BCUT2D eigenvalue weighted by Crippen LogP contribution is 2.25. The molecule has 5 heteroatoms. The fraction of sp³-hybridized carbons (Fsp3) is 0.600. The molecule has 3 unspecified atom stereocenters. The molecule has 0 bridgehead atoms. The molecule has 0 aliphatic carbocycles. The van der Waals surface area contributed by atoms with Gasteiger partial charge in [-0.3, -0.25) is 9.59 Å². The Balaban J connectivity index is 2.16. The van der Waals surface area contributed by atoms with E-state index in [0.717, 1.165) is 17.5 Å². The highest BCUT2D eigenvalue weighted by molar-refractivity contribution is 5.89. The zero-order valence-corrected chi connectivity index (χ0v) is 15.5. The molecule has 0 fully saturated rings. The minimum atomic E-state index is -0.460. The van der Waals surface area contributed by atoms with Crippen molar-refractivity contribution in [2.45, 2.75) is 52.6 Å². The summed E-state index contributed by atoms with van der Waals surface area (Å²) in [5.41, 5.74) is 2.26. The number of nitrogens with zero attached hydrogens (tertiary/aromatic N) is 1. The van der Waals surface area contributed by atoms with Crippen molar-refractivity contribution < 1.29 is 14.7 Å². The SMILES string of the molecule is CCC(C)C(=O)N1Cc2ccccc2CC1C(=O)NCC(C)CCO. The molecule has 5 nitrogen and oxygen atoms in total. The van der Waals surface area contributed by atoms with E-state index in [4.69, 9.17) is 5.11 Å². The fourth-order valence-electron chi connectivity index (χ4n) is 3.16. The van der Waals surface area contributed by atoms with Crippen LogP contribution in [0.25, 0.3) is 0 Å². The Hall–Kier alpha value is -1.88. The second-order valence-corrected chi connectivity index (χ2v) is 7.13. The molecule has 0 aromatic heterocycles. The van der Waals surface area contributed by atoms with E-state index in [-0.39, 0.29) is 30.3 Å². The Morgan fingerprint density at radius 1 is 1.28 bits per heavy atom. The number of fused-ring (bicyclic) bond motifs is 1. The normalized spacial score (nSPS) is 19.0. The number of benzene rings is 1. The highest BCUT2D eigenvalue weighted by Gasteiger charge is 2.35. The van der Waals surface area contributed by atoms with Crippen molar-refractivity contribution in [2.75, 3.05) is 13.2 Å². The van der Waals surface area contributed by atoms with Crippen molar-refractivity contribution in [3.63, 3.8) is 0 Å². The maximum absolute atomic E-state index is 12.8. The lowest BCUT2D eigenvalue weighted by molar-refractivity contribution is -0.144. The van der Waals surface area contributed by atoms with Gasteiger partial charge in [-0.2, -0.15) is 0 Å². The van der Waals surface area contributed by atoms with Crippen LogP contribution in [0.15, 0.2) is 24.3 Å². The second kappa shape index (κ2) is 8.99. The zero-order valence-electron chi connectivity index (χ0n) is 15.5. The number of amides is 2. The van der Waals surface area contributed by atoms with E-state index < -0.39 is 6.04 Å². The van der Waals surface area contributed by atoms with Gasteiger partial charge in [-0.15, -0.1) is 0 Å². The molecule has 1 aliphatic rings. The number of carbonyl (C=O) groups is 2. The molecule has 1 aromatic rings. The summed E-state index contributed by atoms with van der Waals surface area (Å²) >= 11 is 0. The minimum Gasteiger partial charge on any atom is -0.396 e. The molecule has 1 aromatic carbocycles. The van der Waals surface area contributed by atoms with Crippen molar-refractivity contribution in [3.8, 4) is 0 Å². The van der Waals surface area contributed by atoms with E-state index in [9.17, 15) is 9.59 Å². The summed E-state index contributed by atoms with van der Waals surface area (Å²) in [5, 5.41) is 12.0. The predicted octanol–water partition coefficient (Wildman–Crippen LogP) is 2.12. The lowest BCUT2D eigenvalue weighted by Crippen LogP contribution is -2.54. The van der Waals surface area contributed by atoms with Gasteiger partial charge >= 0.3 is 0 Å². The third-order valence-corrected chi connectivity index (χ3v) is 5.11. The lowest BCUT2D eigenvalue weighted by Gasteiger charge is -2.37. The van der Waals surface area contributed by atoms with E-state index in [0.29, 0.717) is 25.9 Å². The van der Waals surface area contributed by atoms with E-state index in [1.807, 2.05) is 45.0 Å². The number of hydrogen-bond acceptors (Lipinski definition) is 3. The number of rotatable bonds is 7. The largest absolute Gasteiger partial charge is 0.396 e. The zero-order chi connectivity index (χ0) is 18.4. The van der Waals surface area contributed by atoms with Gasteiger partial charge in [-0.05, 0) is 29.9 Å². The molecule has 1 heterocycles. The average Bonchev–Trinajstić information content (AvgIpc) is 2.64. The molecule has 2 amide bonds. The van der Waals surface area contributed by atoms with Gasteiger partial charge in [-0.1, -0.05) is 45.0 Å². The van der Waals surface area contributed by atoms with Crippen LogP contribution in [0.1, 0.15) is 44.7 Å². The molecule has 25 heavy (non-hydrogen) atoms. The van der Waals surface area contributed by atoms with Gasteiger partial charge in [0.15, 0.2) is 0 Å². The van der Waals surface area contributed by atoms with E-state index in [2.05, 4.69) is 5.32 Å². The first-order chi connectivity index (χ1) is 12.0. The summed E-state index contributed by atoms with van der Waals surface area (Å²) in [6.45, 7) is 7.03. The summed E-state index contributed by atoms with van der Waals surface area (Å²) in [4.78, 5) is 27.3. The summed E-state index contributed by atoms with van der Waals surface area (Å²) in [6.07, 6.45) is 1.97. The summed E-state index contributed by atoms with van der Waals surface area (Å²) in [6, 6.07) is 7.56. The first-order valence-electron chi connectivity index (χ1n) is 9.23. The molecule has 0 saturated carbocycles.